The van der Waals surface area contributed by atoms with Gasteiger partial charge in [-0.25, -0.2) is 0 Å². The molecule has 0 N–H and O–H groups in total. The summed E-state index contributed by atoms with van der Waals surface area (Å²) in [6, 6.07) is 7.91. The SMILES string of the molecule is Cc1cc(Cl)cc(C)c1N=C(CCCO[Si](C)(C)C)C(CCCO[Si](C)(C)C)=Nc1c(C)cc(Cl)cc1C.[Br][Ni][Br]. The fourth-order valence-corrected chi connectivity index (χ4v) is 6.36. The van der Waals surface area contributed by atoms with Gasteiger partial charge in [0.05, 0.1) is 22.8 Å². The molecule has 0 aromatic heterocycles. The Kier molecular flexibility index (Phi) is 18.0. The molecule has 0 unspecified atom stereocenters. The maximum absolute atomic E-state index is 6.34. The van der Waals surface area contributed by atoms with Crippen molar-refractivity contribution < 1.29 is 19.7 Å². The van der Waals surface area contributed by atoms with Crippen molar-refractivity contribution in [3.63, 3.8) is 0 Å². The van der Waals surface area contributed by atoms with E-state index >= 15 is 0 Å². The number of hydrogen-bond acceptors (Lipinski definition) is 4. The summed E-state index contributed by atoms with van der Waals surface area (Å²) in [4.78, 5) is 10.5. The van der Waals surface area contributed by atoms with Gasteiger partial charge in [0.15, 0.2) is 16.6 Å². The molecule has 0 aliphatic carbocycles. The van der Waals surface area contributed by atoms with E-state index in [9.17, 15) is 0 Å². The van der Waals surface area contributed by atoms with Crippen LogP contribution < -0.4 is 0 Å². The van der Waals surface area contributed by atoms with Crippen LogP contribution in [0, 0.1) is 27.7 Å². The number of benzene rings is 2. The number of rotatable bonds is 13. The number of hydrogen-bond donors (Lipinski definition) is 0. The molecule has 4 nitrogen and oxygen atoms in total. The fraction of sp³-hybridized carbons (Fsp3) is 0.533. The molecular formula is C30H46Br2Cl2N2NiO2Si2. The van der Waals surface area contributed by atoms with E-state index in [1.54, 1.807) is 0 Å². The van der Waals surface area contributed by atoms with Gasteiger partial charge in [-0.3, -0.25) is 9.98 Å². The van der Waals surface area contributed by atoms with Crippen LogP contribution >= 0.6 is 51.7 Å². The van der Waals surface area contributed by atoms with Crippen LogP contribution in [0.3, 0.4) is 0 Å². The minimum absolute atomic E-state index is 0.721. The second kappa shape index (κ2) is 18.9. The van der Waals surface area contributed by atoms with Crippen molar-refractivity contribution in [1.29, 1.82) is 0 Å². The van der Waals surface area contributed by atoms with Crippen molar-refractivity contribution in [1.82, 2.24) is 0 Å². The van der Waals surface area contributed by atoms with E-state index in [0.29, 0.717) is 0 Å². The van der Waals surface area contributed by atoms with Crippen LogP contribution in [-0.4, -0.2) is 41.3 Å². The predicted molar refractivity (Wildman–Crippen MR) is 191 cm³/mol. The Bertz CT molecular complexity index is 1060. The predicted octanol–water partition coefficient (Wildman–Crippen LogP) is 12.0. The molecule has 0 radical (unpaired) electrons. The normalized spacial score (nSPS) is 12.9. The molecule has 41 heavy (non-hydrogen) atoms. The number of aryl methyl sites for hydroxylation is 4. The van der Waals surface area contributed by atoms with E-state index in [1.165, 1.54) is 10.9 Å². The number of aliphatic imine (C=N–C) groups is 2. The third-order valence-corrected chi connectivity index (χ3v) is 8.50. The van der Waals surface area contributed by atoms with Crippen LogP contribution in [0.4, 0.5) is 11.4 Å². The zero-order chi connectivity index (χ0) is 31.4. The summed E-state index contributed by atoms with van der Waals surface area (Å²) in [5.74, 6) is 0. The molecule has 0 heterocycles. The second-order valence-electron chi connectivity index (χ2n) is 12.1. The summed E-state index contributed by atoms with van der Waals surface area (Å²) in [6.45, 7) is 23.0. The van der Waals surface area contributed by atoms with Gasteiger partial charge in [0.1, 0.15) is 0 Å². The van der Waals surface area contributed by atoms with E-state index in [0.717, 1.165) is 94.0 Å². The van der Waals surface area contributed by atoms with E-state index in [2.05, 4.69) is 95.4 Å². The van der Waals surface area contributed by atoms with Crippen molar-refractivity contribution in [2.75, 3.05) is 13.2 Å². The Hall–Kier alpha value is 0.167. The molecule has 0 aliphatic rings. The Balaban J connectivity index is 0.00000268. The summed E-state index contributed by atoms with van der Waals surface area (Å²) in [5.41, 5.74) is 8.17. The molecule has 11 heteroatoms. The molecule has 0 saturated carbocycles. The van der Waals surface area contributed by atoms with E-state index in [1.807, 2.05) is 24.3 Å². The molecule has 0 amide bonds. The first-order valence-electron chi connectivity index (χ1n) is 13.8. The van der Waals surface area contributed by atoms with Crippen molar-refractivity contribution in [2.45, 2.75) is 92.7 Å². The first-order valence-corrected chi connectivity index (χ1v) is 26.2. The van der Waals surface area contributed by atoms with Gasteiger partial charge in [-0.15, -0.1) is 0 Å². The van der Waals surface area contributed by atoms with Crippen molar-refractivity contribution in [3.8, 4) is 0 Å². The second-order valence-corrected chi connectivity index (χ2v) is 27.0. The van der Waals surface area contributed by atoms with E-state index < -0.39 is 16.6 Å². The standard InChI is InChI=1S/C30H46Cl2N2O2Si2.2BrH.Ni/c1-21-17-25(31)18-22(2)29(21)33-27(13-11-15-35-37(5,6)7)28(14-12-16-36-38(8,9)10)34-30-23(3)19-26(32)20-24(30)4;;;/h17-20H,11-16H2,1-10H3;2*1H;/q;;;+2/p-2. The van der Waals surface area contributed by atoms with Crippen LogP contribution in [0.5, 0.6) is 0 Å². The molecule has 0 bridgehead atoms. The molecule has 0 aliphatic heterocycles. The van der Waals surface area contributed by atoms with Gasteiger partial charge in [-0.05, 0) is 139 Å². The van der Waals surface area contributed by atoms with Gasteiger partial charge in [0, 0.05) is 23.3 Å². The molecule has 0 atom stereocenters. The Morgan fingerprint density at radius 1 is 0.659 bits per heavy atom. The van der Waals surface area contributed by atoms with Gasteiger partial charge in [0.2, 0.25) is 0 Å². The third-order valence-electron chi connectivity index (χ3n) is 5.92. The van der Waals surface area contributed by atoms with Crippen LogP contribution in [0.2, 0.25) is 49.3 Å². The Morgan fingerprint density at radius 2 is 0.927 bits per heavy atom. The summed E-state index contributed by atoms with van der Waals surface area (Å²) in [7, 11) is -1.93. The van der Waals surface area contributed by atoms with Gasteiger partial charge in [-0.1, -0.05) is 23.2 Å². The molecule has 2 aromatic rings. The third kappa shape index (κ3) is 16.2. The summed E-state index contributed by atoms with van der Waals surface area (Å²) >= 11 is 18.7. The van der Waals surface area contributed by atoms with Crippen molar-refractivity contribution in [2.24, 2.45) is 9.98 Å². The monoisotopic (exact) mass is 808 g/mol. The summed E-state index contributed by atoms with van der Waals surface area (Å²) in [6.07, 6.45) is 3.34. The average molecular weight is 812 g/mol. The van der Waals surface area contributed by atoms with Gasteiger partial charge >= 0.3 is 39.3 Å². The quantitative estimate of drug-likeness (QED) is 0.115. The average Bonchev–Trinajstić information content (AvgIpc) is 2.80. The Labute approximate surface area is 281 Å². The molecule has 2 rings (SSSR count). The topological polar surface area (TPSA) is 43.2 Å². The Morgan fingerprint density at radius 3 is 1.17 bits per heavy atom. The van der Waals surface area contributed by atoms with E-state index in [4.69, 9.17) is 42.0 Å². The van der Waals surface area contributed by atoms with Crippen LogP contribution in [0.1, 0.15) is 47.9 Å². The molecule has 0 spiro atoms. The minimum atomic E-state index is -1.59. The van der Waals surface area contributed by atoms with Crippen LogP contribution in [0.15, 0.2) is 34.3 Å². The fourth-order valence-electron chi connectivity index (χ4n) is 4.19. The van der Waals surface area contributed by atoms with Crippen LogP contribution in [0.25, 0.3) is 0 Å². The summed E-state index contributed by atoms with van der Waals surface area (Å²) in [5, 5.41) is 1.46. The summed E-state index contributed by atoms with van der Waals surface area (Å²) < 4.78 is 12.4. The van der Waals surface area contributed by atoms with Gasteiger partial charge in [0.25, 0.3) is 0 Å². The molecule has 0 saturated heterocycles. The first-order chi connectivity index (χ1) is 19.0. The zero-order valence-electron chi connectivity index (χ0n) is 26.1. The molecular weight excluding hydrogens is 766 g/mol. The zero-order valence-corrected chi connectivity index (χ0v) is 33.8. The van der Waals surface area contributed by atoms with E-state index in [-0.39, 0.29) is 0 Å². The first kappa shape index (κ1) is 39.2. The molecule has 2 aromatic carbocycles. The number of nitrogens with zero attached hydrogens (tertiary/aromatic N) is 2. The van der Waals surface area contributed by atoms with Crippen molar-refractivity contribution >= 4 is 91.1 Å². The van der Waals surface area contributed by atoms with Gasteiger partial charge < -0.3 is 8.85 Å². The van der Waals surface area contributed by atoms with Gasteiger partial charge in [-0.2, -0.15) is 0 Å². The van der Waals surface area contributed by atoms with Crippen LogP contribution in [-0.2, 0) is 19.7 Å². The molecule has 0 fully saturated rings. The maximum atomic E-state index is 6.34. The van der Waals surface area contributed by atoms with Crippen molar-refractivity contribution in [3.05, 3.63) is 56.6 Å². The number of halogens is 4. The molecule has 234 valence electrons.